The van der Waals surface area contributed by atoms with Crippen molar-refractivity contribution in [1.29, 1.82) is 0 Å². The quantitative estimate of drug-likeness (QED) is 0.215. The summed E-state index contributed by atoms with van der Waals surface area (Å²) in [7, 11) is 0. The molecule has 2 heterocycles. The van der Waals surface area contributed by atoms with Crippen LogP contribution in [0.3, 0.4) is 0 Å². The number of phenolic OH excluding ortho intramolecular Hbond substituents is 1. The SMILES string of the molecule is CC(NC(=O)C(Cc1ccc(O)cc1)NC(=O)C(Cc1cnc[nH]1)NC(=O)C1CCCN1)C(=O)O. The number of hydrogen-bond acceptors (Lipinski definition) is 7. The number of nitrogens with zero attached hydrogens (tertiary/aromatic N) is 1. The molecule has 0 spiro atoms. The molecule has 188 valence electrons. The van der Waals surface area contributed by atoms with E-state index < -0.39 is 42.0 Å². The lowest BCUT2D eigenvalue weighted by atomic mass is 10.0. The Morgan fingerprint density at radius 2 is 1.74 bits per heavy atom. The second-order valence-corrected chi connectivity index (χ2v) is 8.49. The molecule has 0 radical (unpaired) electrons. The van der Waals surface area contributed by atoms with Gasteiger partial charge in [-0.05, 0) is 44.0 Å². The highest BCUT2D eigenvalue weighted by Crippen LogP contribution is 2.12. The molecule has 3 amide bonds. The van der Waals surface area contributed by atoms with Crippen molar-refractivity contribution in [2.75, 3.05) is 6.54 Å². The Morgan fingerprint density at radius 1 is 1.06 bits per heavy atom. The molecule has 0 bridgehead atoms. The van der Waals surface area contributed by atoms with Gasteiger partial charge in [-0.3, -0.25) is 19.2 Å². The van der Waals surface area contributed by atoms with Crippen LogP contribution in [0.2, 0.25) is 0 Å². The van der Waals surface area contributed by atoms with Crippen molar-refractivity contribution in [3.05, 3.63) is 48.0 Å². The number of aromatic nitrogens is 2. The zero-order valence-electron chi connectivity index (χ0n) is 19.3. The van der Waals surface area contributed by atoms with Gasteiger partial charge >= 0.3 is 5.97 Å². The summed E-state index contributed by atoms with van der Waals surface area (Å²) in [5.41, 5.74) is 1.25. The Bertz CT molecular complexity index is 1020. The molecule has 12 nitrogen and oxygen atoms in total. The van der Waals surface area contributed by atoms with Crippen molar-refractivity contribution in [3.63, 3.8) is 0 Å². The monoisotopic (exact) mass is 486 g/mol. The number of carbonyl (C=O) groups excluding carboxylic acids is 3. The van der Waals surface area contributed by atoms with Gasteiger partial charge in [-0.25, -0.2) is 4.98 Å². The summed E-state index contributed by atoms with van der Waals surface area (Å²) >= 11 is 0. The number of benzene rings is 1. The van der Waals surface area contributed by atoms with E-state index in [0.29, 0.717) is 24.2 Å². The van der Waals surface area contributed by atoms with Crippen molar-refractivity contribution in [2.45, 2.75) is 56.8 Å². The first kappa shape index (κ1) is 25.7. The Balaban J connectivity index is 1.77. The molecular weight excluding hydrogens is 456 g/mol. The summed E-state index contributed by atoms with van der Waals surface area (Å²) in [4.78, 5) is 56.9. The molecule has 2 aromatic rings. The topological polar surface area (TPSA) is 186 Å². The van der Waals surface area contributed by atoms with E-state index in [9.17, 15) is 24.3 Å². The van der Waals surface area contributed by atoms with Gasteiger partial charge in [-0.15, -0.1) is 0 Å². The molecule has 0 aliphatic carbocycles. The third-order valence-corrected chi connectivity index (χ3v) is 5.73. The van der Waals surface area contributed by atoms with Gasteiger partial charge < -0.3 is 36.5 Å². The van der Waals surface area contributed by atoms with Gasteiger partial charge in [-0.2, -0.15) is 0 Å². The summed E-state index contributed by atoms with van der Waals surface area (Å²) in [5.74, 6) is -2.79. The number of imidazole rings is 1. The van der Waals surface area contributed by atoms with Crippen LogP contribution in [-0.2, 0) is 32.0 Å². The number of aromatic hydroxyl groups is 1. The van der Waals surface area contributed by atoms with Gasteiger partial charge in [0.1, 0.15) is 23.9 Å². The lowest BCUT2D eigenvalue weighted by Gasteiger charge is -2.24. The van der Waals surface area contributed by atoms with Crippen LogP contribution >= 0.6 is 0 Å². The number of phenols is 1. The fourth-order valence-corrected chi connectivity index (χ4v) is 3.73. The Labute approximate surface area is 201 Å². The van der Waals surface area contributed by atoms with Gasteiger partial charge in [0.25, 0.3) is 0 Å². The molecule has 35 heavy (non-hydrogen) atoms. The van der Waals surface area contributed by atoms with Crippen molar-refractivity contribution in [2.24, 2.45) is 0 Å². The van der Waals surface area contributed by atoms with Crippen LogP contribution in [0.25, 0.3) is 0 Å². The molecule has 4 atom stereocenters. The highest BCUT2D eigenvalue weighted by Gasteiger charge is 2.31. The average molecular weight is 487 g/mol. The van der Waals surface area contributed by atoms with Crippen LogP contribution in [0, 0.1) is 0 Å². The Kier molecular flexibility index (Phi) is 8.79. The number of aliphatic carboxylic acids is 1. The summed E-state index contributed by atoms with van der Waals surface area (Å²) in [5, 5.41) is 29.5. The van der Waals surface area contributed by atoms with Gasteiger partial charge in [0, 0.05) is 24.7 Å². The summed E-state index contributed by atoms with van der Waals surface area (Å²) in [6.45, 7) is 2.03. The predicted octanol–water partition coefficient (Wildman–Crippen LogP) is -0.789. The molecule has 4 unspecified atom stereocenters. The molecule has 0 saturated carbocycles. The molecule has 7 N–H and O–H groups in total. The molecule has 1 fully saturated rings. The first-order valence-corrected chi connectivity index (χ1v) is 11.4. The minimum Gasteiger partial charge on any atom is -0.508 e. The maximum atomic E-state index is 13.3. The van der Waals surface area contributed by atoms with Crippen LogP contribution in [0.4, 0.5) is 0 Å². The van der Waals surface area contributed by atoms with E-state index in [1.54, 1.807) is 12.1 Å². The number of H-pyrrole nitrogens is 1. The standard InChI is InChI=1S/C23H30N6O6/c1-13(23(34)35)27-21(32)18(9-14-4-6-16(30)7-5-14)28-22(33)19(10-15-11-24-12-26-15)29-20(31)17-3-2-8-25-17/h4-7,11-13,17-19,25,30H,2-3,8-10H2,1H3,(H,24,26)(H,27,32)(H,28,33)(H,29,31)(H,34,35). The van der Waals surface area contributed by atoms with Crippen molar-refractivity contribution >= 4 is 23.7 Å². The maximum Gasteiger partial charge on any atom is 0.325 e. The Morgan fingerprint density at radius 3 is 2.34 bits per heavy atom. The number of rotatable bonds is 11. The average Bonchev–Trinajstić information content (AvgIpc) is 3.54. The van der Waals surface area contributed by atoms with E-state index >= 15 is 0 Å². The lowest BCUT2D eigenvalue weighted by Crippen LogP contribution is -2.57. The van der Waals surface area contributed by atoms with Gasteiger partial charge in [-0.1, -0.05) is 12.1 Å². The van der Waals surface area contributed by atoms with E-state index in [1.165, 1.54) is 31.6 Å². The third kappa shape index (κ3) is 7.54. The van der Waals surface area contributed by atoms with E-state index in [2.05, 4.69) is 31.2 Å². The van der Waals surface area contributed by atoms with E-state index in [0.717, 1.165) is 6.42 Å². The molecule has 1 aromatic carbocycles. The van der Waals surface area contributed by atoms with Gasteiger partial charge in [0.05, 0.1) is 12.4 Å². The second-order valence-electron chi connectivity index (χ2n) is 8.49. The van der Waals surface area contributed by atoms with Gasteiger partial charge in [0.2, 0.25) is 17.7 Å². The fourth-order valence-electron chi connectivity index (χ4n) is 3.73. The van der Waals surface area contributed by atoms with Crippen LogP contribution in [-0.4, -0.2) is 74.6 Å². The highest BCUT2D eigenvalue weighted by atomic mass is 16.4. The largest absolute Gasteiger partial charge is 0.508 e. The summed E-state index contributed by atoms with van der Waals surface area (Å²) in [6.07, 6.45) is 4.66. The molecular formula is C23H30N6O6. The van der Waals surface area contributed by atoms with Crippen LogP contribution in [0.5, 0.6) is 5.75 Å². The zero-order chi connectivity index (χ0) is 25.4. The fraction of sp³-hybridized carbons (Fsp3) is 0.435. The number of amides is 3. The Hall–Kier alpha value is -3.93. The molecule has 1 aliphatic heterocycles. The van der Waals surface area contributed by atoms with E-state index in [4.69, 9.17) is 5.11 Å². The number of nitrogens with one attached hydrogen (secondary N) is 5. The third-order valence-electron chi connectivity index (χ3n) is 5.73. The van der Waals surface area contributed by atoms with Crippen molar-refractivity contribution in [1.82, 2.24) is 31.2 Å². The van der Waals surface area contributed by atoms with E-state index in [-0.39, 0.29) is 24.5 Å². The van der Waals surface area contributed by atoms with Crippen LogP contribution in [0.15, 0.2) is 36.8 Å². The normalized spacial score (nSPS) is 17.7. The van der Waals surface area contributed by atoms with Crippen molar-refractivity contribution in [3.8, 4) is 5.75 Å². The van der Waals surface area contributed by atoms with Crippen LogP contribution < -0.4 is 21.3 Å². The second kappa shape index (κ2) is 12.0. The number of aromatic amines is 1. The lowest BCUT2D eigenvalue weighted by molar-refractivity contribution is -0.141. The maximum absolute atomic E-state index is 13.3. The van der Waals surface area contributed by atoms with Gasteiger partial charge in [0.15, 0.2) is 0 Å². The highest BCUT2D eigenvalue weighted by molar-refractivity contribution is 5.94. The van der Waals surface area contributed by atoms with E-state index in [1.807, 2.05) is 0 Å². The molecule has 1 saturated heterocycles. The predicted molar refractivity (Wildman–Crippen MR) is 124 cm³/mol. The number of carboxylic acid groups (broad SMARTS) is 1. The number of carbonyl (C=O) groups is 4. The summed E-state index contributed by atoms with van der Waals surface area (Å²) < 4.78 is 0. The molecule has 1 aromatic heterocycles. The van der Waals surface area contributed by atoms with Crippen LogP contribution in [0.1, 0.15) is 31.0 Å². The molecule has 1 aliphatic rings. The number of hydrogen-bond donors (Lipinski definition) is 7. The molecule has 12 heteroatoms. The minimum absolute atomic E-state index is 0.0408. The number of carboxylic acids is 1. The first-order valence-electron chi connectivity index (χ1n) is 11.4. The summed E-state index contributed by atoms with van der Waals surface area (Å²) in [6, 6.07) is 2.38. The smallest absolute Gasteiger partial charge is 0.325 e. The van der Waals surface area contributed by atoms with Crippen molar-refractivity contribution < 1.29 is 29.4 Å². The molecule has 3 rings (SSSR count). The minimum atomic E-state index is -1.22. The first-order chi connectivity index (χ1) is 16.7. The zero-order valence-corrected chi connectivity index (χ0v) is 19.3.